The Morgan fingerprint density at radius 3 is 2.61 bits per heavy atom. The van der Waals surface area contributed by atoms with Gasteiger partial charge in [-0.3, -0.25) is 9.59 Å². The standard InChI is InChI=1S/C27H29NO5/c1-17-7-12-23-19(14-17)15-20(28(23)13-5-3-4-6-24(29)30)16-22-26(31)25(27(22)32)18-8-10-21(33-2)11-9-18/h7-12,14,16,25-26H,3-6,13,15H2,1-2H3,(H,29,30)/b22-16-. The Morgan fingerprint density at radius 1 is 1.18 bits per heavy atom. The molecule has 1 saturated carbocycles. The van der Waals surface area contributed by atoms with Gasteiger partial charge in [-0.1, -0.05) is 29.9 Å². The number of rotatable bonds is 9. The highest BCUT2D eigenvalue weighted by Gasteiger charge is 2.40. The van der Waals surface area contributed by atoms with Gasteiger partial charge in [0, 0.05) is 36.5 Å². The second-order valence-corrected chi connectivity index (χ2v) is 8.79. The number of hydrogen-bond acceptors (Lipinski definition) is 4. The van der Waals surface area contributed by atoms with Crippen molar-refractivity contribution in [2.24, 2.45) is 0 Å². The number of unbranched alkanes of at least 4 members (excludes halogenated alkanes) is 2. The van der Waals surface area contributed by atoms with Crippen molar-refractivity contribution in [1.29, 1.82) is 0 Å². The van der Waals surface area contributed by atoms with Crippen molar-refractivity contribution in [3.05, 3.63) is 70.8 Å². The summed E-state index contributed by atoms with van der Waals surface area (Å²) in [6.45, 7) is 2.78. The van der Waals surface area contributed by atoms with Crippen molar-refractivity contribution in [3.63, 3.8) is 0 Å². The fourth-order valence-corrected chi connectivity index (χ4v) is 4.69. The van der Waals surface area contributed by atoms with Gasteiger partial charge in [0.1, 0.15) is 12.3 Å². The minimum Gasteiger partial charge on any atom is -0.848 e. The van der Waals surface area contributed by atoms with E-state index >= 15 is 0 Å². The number of carboxylic acid groups (broad SMARTS) is 1. The monoisotopic (exact) mass is 447 g/mol. The van der Waals surface area contributed by atoms with Gasteiger partial charge in [-0.05, 0) is 49.1 Å². The highest BCUT2D eigenvalue weighted by molar-refractivity contribution is 6.13. The number of benzene rings is 2. The van der Waals surface area contributed by atoms with Gasteiger partial charge in [-0.15, -0.1) is 0 Å². The number of ketones is 1. The highest BCUT2D eigenvalue weighted by atomic mass is 16.5. The molecule has 2 aromatic rings. The third kappa shape index (κ3) is 4.76. The summed E-state index contributed by atoms with van der Waals surface area (Å²) >= 11 is 0. The molecule has 1 fully saturated rings. The Morgan fingerprint density at radius 2 is 1.94 bits per heavy atom. The molecule has 0 amide bonds. The molecular weight excluding hydrogens is 418 g/mol. The second kappa shape index (κ2) is 9.71. The molecule has 33 heavy (non-hydrogen) atoms. The lowest BCUT2D eigenvalue weighted by atomic mass is 9.71. The van der Waals surface area contributed by atoms with E-state index in [4.69, 9.17) is 9.84 Å². The molecule has 1 heterocycles. The Balaban J connectivity index is 1.54. The van der Waals surface area contributed by atoms with E-state index in [1.54, 1.807) is 37.5 Å². The number of carboxylic acids is 1. The molecule has 0 radical (unpaired) electrons. The molecule has 0 bridgehead atoms. The summed E-state index contributed by atoms with van der Waals surface area (Å²) in [5.41, 5.74) is 5.49. The van der Waals surface area contributed by atoms with E-state index < -0.39 is 18.0 Å². The zero-order chi connectivity index (χ0) is 23.5. The lowest BCUT2D eigenvalue weighted by molar-refractivity contribution is -0.438. The van der Waals surface area contributed by atoms with Gasteiger partial charge < -0.3 is 14.9 Å². The van der Waals surface area contributed by atoms with E-state index in [1.807, 2.05) is 0 Å². The van der Waals surface area contributed by atoms with Crippen LogP contribution in [-0.4, -0.2) is 46.9 Å². The maximum absolute atomic E-state index is 13.0. The molecule has 6 nitrogen and oxygen atoms in total. The van der Waals surface area contributed by atoms with E-state index in [0.717, 1.165) is 36.3 Å². The average molecular weight is 448 g/mol. The summed E-state index contributed by atoms with van der Waals surface area (Å²) in [4.78, 5) is 23.7. The topological polar surface area (TPSA) is 89.7 Å². The van der Waals surface area contributed by atoms with Gasteiger partial charge in [-0.25, -0.2) is 0 Å². The van der Waals surface area contributed by atoms with Crippen LogP contribution in [0.3, 0.4) is 0 Å². The molecule has 1 aliphatic carbocycles. The molecule has 1 N–H and O–H groups in total. The Hall–Kier alpha value is -3.25. The smallest absolute Gasteiger partial charge is 0.303 e. The molecule has 6 heteroatoms. The number of carbonyl (C=O) groups excluding carboxylic acids is 1. The maximum Gasteiger partial charge on any atom is 0.303 e. The van der Waals surface area contributed by atoms with Crippen LogP contribution in [-0.2, 0) is 16.0 Å². The first-order chi connectivity index (χ1) is 15.9. The Bertz CT molecular complexity index is 1130. The predicted octanol–water partition coefficient (Wildman–Crippen LogP) is 3.31. The summed E-state index contributed by atoms with van der Waals surface area (Å²) in [6, 6.07) is 13.4. The fourth-order valence-electron chi connectivity index (χ4n) is 4.69. The minimum atomic E-state index is -1.08. The molecule has 0 spiro atoms. The summed E-state index contributed by atoms with van der Waals surface area (Å²) in [7, 11) is 1.58. The molecule has 2 unspecified atom stereocenters. The van der Waals surface area contributed by atoms with Gasteiger partial charge in [-0.2, -0.15) is 4.58 Å². The van der Waals surface area contributed by atoms with Gasteiger partial charge in [0.25, 0.3) is 0 Å². The van der Waals surface area contributed by atoms with Crippen molar-refractivity contribution < 1.29 is 29.1 Å². The number of ether oxygens (including phenoxy) is 1. The molecule has 172 valence electrons. The molecule has 0 aromatic heterocycles. The van der Waals surface area contributed by atoms with Crippen molar-refractivity contribution >= 4 is 23.2 Å². The van der Waals surface area contributed by atoms with Crippen LogP contribution in [0.4, 0.5) is 5.69 Å². The van der Waals surface area contributed by atoms with Crippen LogP contribution in [0.25, 0.3) is 0 Å². The quantitative estimate of drug-likeness (QED) is 0.362. The van der Waals surface area contributed by atoms with E-state index in [1.165, 1.54) is 11.1 Å². The number of fused-ring (bicyclic) bond motifs is 1. The number of hydrogen-bond donors (Lipinski definition) is 1. The van der Waals surface area contributed by atoms with Crippen LogP contribution >= 0.6 is 0 Å². The number of aryl methyl sites for hydroxylation is 1. The van der Waals surface area contributed by atoms with E-state index in [2.05, 4.69) is 29.7 Å². The van der Waals surface area contributed by atoms with Crippen LogP contribution in [0.15, 0.2) is 54.1 Å². The lowest BCUT2D eigenvalue weighted by Crippen LogP contribution is -2.51. The summed E-state index contributed by atoms with van der Waals surface area (Å²) in [5.74, 6) is -0.845. The second-order valence-electron chi connectivity index (χ2n) is 8.79. The minimum absolute atomic E-state index is 0.110. The number of nitrogens with zero attached hydrogens (tertiary/aromatic N) is 1. The normalized spacial score (nSPS) is 20.7. The largest absolute Gasteiger partial charge is 0.848 e. The highest BCUT2D eigenvalue weighted by Crippen LogP contribution is 2.38. The lowest BCUT2D eigenvalue weighted by Gasteiger charge is -2.43. The van der Waals surface area contributed by atoms with E-state index in [0.29, 0.717) is 24.2 Å². The predicted molar refractivity (Wildman–Crippen MR) is 123 cm³/mol. The van der Waals surface area contributed by atoms with Crippen LogP contribution in [0.1, 0.15) is 48.3 Å². The first kappa shape index (κ1) is 22.9. The van der Waals surface area contributed by atoms with Crippen molar-refractivity contribution in [2.75, 3.05) is 13.7 Å². The summed E-state index contributed by atoms with van der Waals surface area (Å²) in [5, 5.41) is 21.8. The van der Waals surface area contributed by atoms with Crippen LogP contribution in [0, 0.1) is 6.92 Å². The maximum atomic E-state index is 13.0. The summed E-state index contributed by atoms with van der Waals surface area (Å²) in [6.07, 6.45) is 3.88. The van der Waals surface area contributed by atoms with Gasteiger partial charge in [0.15, 0.2) is 11.5 Å². The molecule has 2 aromatic carbocycles. The number of methoxy groups -OCH3 is 1. The molecule has 2 aliphatic rings. The third-order valence-corrected chi connectivity index (χ3v) is 6.49. The van der Waals surface area contributed by atoms with Crippen molar-refractivity contribution in [3.8, 4) is 5.75 Å². The van der Waals surface area contributed by atoms with Crippen molar-refractivity contribution in [1.82, 2.24) is 0 Å². The van der Waals surface area contributed by atoms with Crippen LogP contribution in [0.5, 0.6) is 5.75 Å². The molecule has 2 atom stereocenters. The first-order valence-corrected chi connectivity index (χ1v) is 11.4. The molecule has 0 saturated heterocycles. The van der Waals surface area contributed by atoms with Crippen LogP contribution < -0.4 is 9.84 Å². The number of Topliss-reactive ketones (excluding diaryl/α,β-unsaturated/α-hetero) is 1. The molecule has 1 aliphatic heterocycles. The third-order valence-electron chi connectivity index (χ3n) is 6.49. The Labute approximate surface area is 193 Å². The molecule has 4 rings (SSSR count). The number of aliphatic carboxylic acids is 1. The zero-order valence-corrected chi connectivity index (χ0v) is 19.0. The zero-order valence-electron chi connectivity index (χ0n) is 19.0. The van der Waals surface area contributed by atoms with Crippen LogP contribution in [0.2, 0.25) is 0 Å². The number of carbonyl (C=O) groups is 2. The molecular formula is C27H29NO5. The van der Waals surface area contributed by atoms with E-state index in [9.17, 15) is 14.7 Å². The average Bonchev–Trinajstić information content (AvgIpc) is 3.14. The Kier molecular flexibility index (Phi) is 6.75. The van der Waals surface area contributed by atoms with Crippen molar-refractivity contribution in [2.45, 2.75) is 51.0 Å². The SMILES string of the molecule is COc1ccc(C2C(=O)/C(=C\C3=[N+](CCCCCC(=O)O)c4ccc(C)cc4C3)C2[O-])cc1. The fraction of sp³-hybridized carbons (Fsp3) is 0.370. The van der Waals surface area contributed by atoms with Gasteiger partial charge in [0.2, 0.25) is 5.69 Å². The van der Waals surface area contributed by atoms with Gasteiger partial charge in [0.05, 0.1) is 13.5 Å². The van der Waals surface area contributed by atoms with E-state index in [-0.39, 0.29) is 12.2 Å². The first-order valence-electron chi connectivity index (χ1n) is 11.4. The number of allylic oxidation sites excluding steroid dienone is 1. The summed E-state index contributed by atoms with van der Waals surface area (Å²) < 4.78 is 7.35. The van der Waals surface area contributed by atoms with Gasteiger partial charge >= 0.3 is 5.97 Å².